The molecule has 0 saturated carbocycles. The Kier molecular flexibility index (Phi) is 6.35. The van der Waals surface area contributed by atoms with Crippen molar-refractivity contribution < 1.29 is 13.2 Å². The molecule has 9 nitrogen and oxygen atoms in total. The summed E-state index contributed by atoms with van der Waals surface area (Å²) in [5, 5.41) is 5.16. The second-order valence-corrected chi connectivity index (χ2v) is 11.6. The number of anilines is 2. The highest BCUT2D eigenvalue weighted by atomic mass is 35.5. The molecule has 2 aromatic heterocycles. The van der Waals surface area contributed by atoms with Gasteiger partial charge in [-0.05, 0) is 57.2 Å². The smallest absolute Gasteiger partial charge is 0.256 e. The number of nitrogens with zero attached hydrogens (tertiary/aromatic N) is 5. The first kappa shape index (κ1) is 23.9. The summed E-state index contributed by atoms with van der Waals surface area (Å²) in [6, 6.07) is 6.32. The topological polar surface area (TPSA) is 99.9 Å². The number of hydrogen-bond donors (Lipinski definition) is 1. The van der Waals surface area contributed by atoms with Gasteiger partial charge in [0.2, 0.25) is 10.0 Å². The molecule has 5 rings (SSSR count). The predicted octanol–water partition coefficient (Wildman–Crippen LogP) is 4.03. The number of aromatic nitrogens is 3. The van der Waals surface area contributed by atoms with Gasteiger partial charge >= 0.3 is 0 Å². The summed E-state index contributed by atoms with van der Waals surface area (Å²) < 4.78 is 28.0. The molecule has 2 saturated heterocycles. The van der Waals surface area contributed by atoms with E-state index in [0.717, 1.165) is 61.3 Å². The van der Waals surface area contributed by atoms with Gasteiger partial charge in [0.25, 0.3) is 5.91 Å². The molecule has 0 aliphatic carbocycles. The predicted molar refractivity (Wildman–Crippen MR) is 137 cm³/mol. The molecule has 0 bridgehead atoms. The number of likely N-dealkylation sites (tertiary alicyclic amines) is 1. The van der Waals surface area contributed by atoms with Crippen LogP contribution in [0.25, 0.3) is 5.65 Å². The average molecular weight is 517 g/mol. The molecule has 2 aliphatic heterocycles. The fourth-order valence-corrected chi connectivity index (χ4v) is 5.80. The van der Waals surface area contributed by atoms with E-state index in [1.54, 1.807) is 15.5 Å². The van der Waals surface area contributed by atoms with Crippen LogP contribution < -0.4 is 9.62 Å². The van der Waals surface area contributed by atoms with Crippen molar-refractivity contribution in [2.24, 2.45) is 0 Å². The molecule has 186 valence electrons. The lowest BCUT2D eigenvalue weighted by Crippen LogP contribution is -2.39. The Morgan fingerprint density at radius 3 is 2.60 bits per heavy atom. The second-order valence-electron chi connectivity index (χ2n) is 9.39. The van der Waals surface area contributed by atoms with Gasteiger partial charge in [-0.3, -0.25) is 9.52 Å². The van der Waals surface area contributed by atoms with E-state index in [1.807, 2.05) is 19.2 Å². The van der Waals surface area contributed by atoms with Gasteiger partial charge in [0.15, 0.2) is 5.65 Å². The normalized spacial score (nSPS) is 18.9. The molecule has 2 fully saturated rings. The highest BCUT2D eigenvalue weighted by molar-refractivity contribution is 7.92. The van der Waals surface area contributed by atoms with Crippen LogP contribution in [0, 0.1) is 6.92 Å². The molecule has 1 atom stereocenters. The molecule has 1 N–H and O–H groups in total. The number of benzene rings is 1. The lowest BCUT2D eigenvalue weighted by atomic mass is 9.98. The number of halogens is 1. The van der Waals surface area contributed by atoms with E-state index in [2.05, 4.69) is 9.62 Å². The summed E-state index contributed by atoms with van der Waals surface area (Å²) in [4.78, 5) is 22.7. The second kappa shape index (κ2) is 9.31. The van der Waals surface area contributed by atoms with Crippen molar-refractivity contribution >= 4 is 44.7 Å². The average Bonchev–Trinajstić information content (AvgIpc) is 3.48. The Morgan fingerprint density at radius 2 is 1.86 bits per heavy atom. The van der Waals surface area contributed by atoms with Crippen molar-refractivity contribution in [3.63, 3.8) is 0 Å². The number of piperidine rings is 1. The van der Waals surface area contributed by atoms with Crippen LogP contribution in [0.2, 0.25) is 5.02 Å². The zero-order valence-corrected chi connectivity index (χ0v) is 21.4. The minimum Gasteiger partial charge on any atom is -0.356 e. The highest BCUT2D eigenvalue weighted by Crippen LogP contribution is 2.34. The van der Waals surface area contributed by atoms with Crippen LogP contribution in [-0.2, 0) is 10.0 Å². The molecule has 0 spiro atoms. The van der Waals surface area contributed by atoms with Crippen molar-refractivity contribution in [3.05, 3.63) is 52.3 Å². The van der Waals surface area contributed by atoms with E-state index in [1.165, 1.54) is 25.0 Å². The molecule has 0 unspecified atom stereocenters. The first-order chi connectivity index (χ1) is 16.7. The minimum atomic E-state index is -3.57. The van der Waals surface area contributed by atoms with Crippen LogP contribution in [0.3, 0.4) is 0 Å². The Bertz CT molecular complexity index is 1380. The molecule has 0 radical (unpaired) electrons. The number of sulfonamides is 1. The van der Waals surface area contributed by atoms with Crippen molar-refractivity contribution in [1.29, 1.82) is 0 Å². The van der Waals surface area contributed by atoms with Crippen LogP contribution in [0.15, 0.2) is 30.5 Å². The summed E-state index contributed by atoms with van der Waals surface area (Å²) in [7, 11) is -3.57. The van der Waals surface area contributed by atoms with Crippen LogP contribution in [0.5, 0.6) is 0 Å². The Balaban J connectivity index is 1.50. The molecular weight excluding hydrogens is 488 g/mol. The van der Waals surface area contributed by atoms with Gasteiger partial charge in [-0.15, -0.1) is 0 Å². The van der Waals surface area contributed by atoms with Gasteiger partial charge in [-0.25, -0.2) is 17.9 Å². The van der Waals surface area contributed by atoms with Crippen LogP contribution in [-0.4, -0.2) is 59.7 Å². The Morgan fingerprint density at radius 1 is 1.11 bits per heavy atom. The van der Waals surface area contributed by atoms with E-state index in [9.17, 15) is 13.2 Å². The first-order valence-corrected chi connectivity index (χ1v) is 14.2. The maximum absolute atomic E-state index is 13.7. The lowest BCUT2D eigenvalue weighted by molar-refractivity contribution is 0.0607. The standard InChI is InChI=1S/C24H29ClN6O3S/c1-16-15-31-22(26-23(16)29-10-5-6-11-29)14-20(27-31)21-7-3-4-12-30(21)24(32)18-13-17(25)8-9-19(18)28-35(2,33)34/h8-9,13-15,21,28H,3-7,10-12H2,1-2H3/t21-/m0/s1. The molecule has 1 aromatic carbocycles. The number of carbonyl (C=O) groups excluding carboxylic acids is 1. The molecule has 2 aliphatic rings. The largest absolute Gasteiger partial charge is 0.356 e. The third-order valence-corrected chi connectivity index (χ3v) is 7.47. The molecule has 4 heterocycles. The molecule has 35 heavy (non-hydrogen) atoms. The summed E-state index contributed by atoms with van der Waals surface area (Å²) in [6.45, 7) is 4.62. The monoisotopic (exact) mass is 516 g/mol. The summed E-state index contributed by atoms with van der Waals surface area (Å²) in [6.07, 6.45) is 8.01. The summed E-state index contributed by atoms with van der Waals surface area (Å²) in [5.41, 5.74) is 3.05. The number of fused-ring (bicyclic) bond motifs is 1. The van der Waals surface area contributed by atoms with Crippen molar-refractivity contribution in [1.82, 2.24) is 19.5 Å². The summed E-state index contributed by atoms with van der Waals surface area (Å²) >= 11 is 6.19. The third kappa shape index (κ3) is 4.95. The number of amides is 1. The van der Waals surface area contributed by atoms with Crippen molar-refractivity contribution in [2.45, 2.75) is 45.1 Å². The van der Waals surface area contributed by atoms with Crippen molar-refractivity contribution in [3.8, 4) is 0 Å². The van der Waals surface area contributed by atoms with Gasteiger partial charge < -0.3 is 9.80 Å². The minimum absolute atomic E-state index is 0.216. The quantitative estimate of drug-likeness (QED) is 0.549. The number of rotatable bonds is 5. The summed E-state index contributed by atoms with van der Waals surface area (Å²) in [5.74, 6) is 0.718. The molecule has 3 aromatic rings. The van der Waals surface area contributed by atoms with E-state index in [0.29, 0.717) is 11.6 Å². The SMILES string of the molecule is Cc1cn2nc([C@@H]3CCCCN3C(=O)c3cc(Cl)ccc3NS(C)(=O)=O)cc2nc1N1CCCC1. The number of nitrogens with one attached hydrogen (secondary N) is 1. The maximum atomic E-state index is 13.7. The number of hydrogen-bond acceptors (Lipinski definition) is 6. The zero-order valence-electron chi connectivity index (χ0n) is 19.9. The zero-order chi connectivity index (χ0) is 24.7. The molecule has 1 amide bonds. The van der Waals surface area contributed by atoms with E-state index < -0.39 is 10.0 Å². The molecule has 11 heteroatoms. The van der Waals surface area contributed by atoms with E-state index in [4.69, 9.17) is 21.7 Å². The Labute approximate surface area is 210 Å². The van der Waals surface area contributed by atoms with Crippen LogP contribution >= 0.6 is 11.6 Å². The highest BCUT2D eigenvalue weighted by Gasteiger charge is 2.32. The van der Waals surface area contributed by atoms with E-state index in [-0.39, 0.29) is 23.2 Å². The van der Waals surface area contributed by atoms with Gasteiger partial charge in [0.1, 0.15) is 5.82 Å². The fraction of sp³-hybridized carbons (Fsp3) is 0.458. The van der Waals surface area contributed by atoms with Crippen LogP contribution in [0.1, 0.15) is 59.8 Å². The van der Waals surface area contributed by atoms with Gasteiger partial charge in [-0.2, -0.15) is 5.10 Å². The van der Waals surface area contributed by atoms with E-state index >= 15 is 0 Å². The Hall–Kier alpha value is -2.85. The maximum Gasteiger partial charge on any atom is 0.256 e. The third-order valence-electron chi connectivity index (χ3n) is 6.64. The molecular formula is C24H29ClN6O3S. The van der Waals surface area contributed by atoms with Gasteiger partial charge in [-0.1, -0.05) is 11.6 Å². The van der Waals surface area contributed by atoms with Crippen LogP contribution in [0.4, 0.5) is 11.5 Å². The van der Waals surface area contributed by atoms with Gasteiger partial charge in [0.05, 0.1) is 29.2 Å². The fourth-order valence-electron chi connectivity index (χ4n) is 5.05. The number of aryl methyl sites for hydroxylation is 1. The lowest BCUT2D eigenvalue weighted by Gasteiger charge is -2.35. The first-order valence-electron chi connectivity index (χ1n) is 11.9. The van der Waals surface area contributed by atoms with Gasteiger partial charge in [0, 0.05) is 42.5 Å². The number of carbonyl (C=O) groups is 1. The van der Waals surface area contributed by atoms with Crippen molar-refractivity contribution in [2.75, 3.05) is 35.5 Å².